The van der Waals surface area contributed by atoms with E-state index in [0.29, 0.717) is 5.92 Å². The minimum atomic E-state index is 0.264. The lowest BCUT2D eigenvalue weighted by atomic mass is 9.90. The van der Waals surface area contributed by atoms with E-state index in [1.54, 1.807) is 0 Å². The van der Waals surface area contributed by atoms with Gasteiger partial charge in [0.05, 0.1) is 6.04 Å². The van der Waals surface area contributed by atoms with Crippen molar-refractivity contribution in [3.05, 3.63) is 35.0 Å². The fourth-order valence-corrected chi connectivity index (χ4v) is 3.22. The number of fused-ring (bicyclic) bond motifs is 1. The van der Waals surface area contributed by atoms with E-state index < -0.39 is 0 Å². The maximum absolute atomic E-state index is 6.07. The summed E-state index contributed by atoms with van der Waals surface area (Å²) in [6.45, 7) is 4.88. The van der Waals surface area contributed by atoms with Crippen molar-refractivity contribution < 1.29 is 9.15 Å². The molecule has 0 radical (unpaired) electrons. The number of benzene rings is 1. The van der Waals surface area contributed by atoms with Crippen LogP contribution in [-0.4, -0.2) is 19.8 Å². The van der Waals surface area contributed by atoms with Gasteiger partial charge in [0, 0.05) is 23.6 Å². The standard InChI is InChI=1S/C17H22ClNO2/c1-2-7-19-17(12-5-8-20-9-6-12)16-11-13-10-14(18)3-4-15(13)21-16/h3-4,10-12,17,19H,2,5-9H2,1H3. The second-order valence-electron chi connectivity index (χ2n) is 5.71. The average Bonchev–Trinajstić information content (AvgIpc) is 2.91. The molecule has 0 bridgehead atoms. The first-order valence-corrected chi connectivity index (χ1v) is 8.16. The van der Waals surface area contributed by atoms with Crippen molar-refractivity contribution in [1.29, 1.82) is 0 Å². The van der Waals surface area contributed by atoms with E-state index in [1.807, 2.05) is 18.2 Å². The van der Waals surface area contributed by atoms with Gasteiger partial charge >= 0.3 is 0 Å². The lowest BCUT2D eigenvalue weighted by Crippen LogP contribution is -2.32. The zero-order valence-electron chi connectivity index (χ0n) is 12.4. The molecule has 1 aliphatic rings. The van der Waals surface area contributed by atoms with Crippen LogP contribution in [0.25, 0.3) is 11.0 Å². The molecule has 0 amide bonds. The SMILES string of the molecule is CCCNC(c1cc2cc(Cl)ccc2o1)C1CCOCC1. The maximum Gasteiger partial charge on any atom is 0.134 e. The molecule has 2 aromatic rings. The first-order chi connectivity index (χ1) is 10.3. The van der Waals surface area contributed by atoms with Crippen molar-refractivity contribution in [3.8, 4) is 0 Å². The number of hydrogen-bond acceptors (Lipinski definition) is 3. The van der Waals surface area contributed by atoms with Crippen LogP contribution in [0.5, 0.6) is 0 Å². The van der Waals surface area contributed by atoms with Gasteiger partial charge in [-0.25, -0.2) is 0 Å². The lowest BCUT2D eigenvalue weighted by molar-refractivity contribution is 0.0509. The first-order valence-electron chi connectivity index (χ1n) is 7.78. The van der Waals surface area contributed by atoms with Crippen LogP contribution < -0.4 is 5.32 Å². The summed E-state index contributed by atoms with van der Waals surface area (Å²) in [5, 5.41) is 5.47. The van der Waals surface area contributed by atoms with Crippen LogP contribution in [0.3, 0.4) is 0 Å². The second-order valence-corrected chi connectivity index (χ2v) is 6.15. The molecule has 114 valence electrons. The van der Waals surface area contributed by atoms with E-state index in [9.17, 15) is 0 Å². The van der Waals surface area contributed by atoms with Crippen LogP contribution in [0.4, 0.5) is 0 Å². The van der Waals surface area contributed by atoms with Crippen LogP contribution in [0.1, 0.15) is 38.0 Å². The van der Waals surface area contributed by atoms with Crippen LogP contribution in [0, 0.1) is 5.92 Å². The van der Waals surface area contributed by atoms with Gasteiger partial charge in [0.2, 0.25) is 0 Å². The fraction of sp³-hybridized carbons (Fsp3) is 0.529. The molecule has 1 aromatic carbocycles. The number of furan rings is 1. The van der Waals surface area contributed by atoms with Gasteiger partial charge in [0.15, 0.2) is 0 Å². The van der Waals surface area contributed by atoms with Crippen molar-refractivity contribution in [2.45, 2.75) is 32.2 Å². The van der Waals surface area contributed by atoms with E-state index in [4.69, 9.17) is 20.8 Å². The highest BCUT2D eigenvalue weighted by Gasteiger charge is 2.27. The third-order valence-corrected chi connectivity index (χ3v) is 4.39. The third-order valence-electron chi connectivity index (χ3n) is 4.16. The summed E-state index contributed by atoms with van der Waals surface area (Å²) >= 11 is 6.07. The highest BCUT2D eigenvalue weighted by Crippen LogP contribution is 2.34. The summed E-state index contributed by atoms with van der Waals surface area (Å²) < 4.78 is 11.6. The molecule has 3 rings (SSSR count). The van der Waals surface area contributed by atoms with Crippen molar-refractivity contribution in [2.24, 2.45) is 5.92 Å². The number of rotatable bonds is 5. The van der Waals surface area contributed by atoms with Crippen LogP contribution in [0.15, 0.2) is 28.7 Å². The Kier molecular flexibility index (Phi) is 4.84. The fourth-order valence-electron chi connectivity index (χ4n) is 3.04. The molecule has 1 N–H and O–H groups in total. The first kappa shape index (κ1) is 14.9. The second kappa shape index (κ2) is 6.82. The quantitative estimate of drug-likeness (QED) is 0.879. The number of ether oxygens (including phenoxy) is 1. The number of nitrogens with one attached hydrogen (secondary N) is 1. The molecule has 3 nitrogen and oxygen atoms in total. The van der Waals surface area contributed by atoms with Crippen LogP contribution in [0.2, 0.25) is 5.02 Å². The summed E-state index contributed by atoms with van der Waals surface area (Å²) in [5.74, 6) is 1.59. The Morgan fingerprint density at radius 3 is 2.86 bits per heavy atom. The minimum Gasteiger partial charge on any atom is -0.459 e. The number of halogens is 1. The predicted molar refractivity (Wildman–Crippen MR) is 85.8 cm³/mol. The van der Waals surface area contributed by atoms with Gasteiger partial charge < -0.3 is 14.5 Å². The molecule has 1 atom stereocenters. The summed E-state index contributed by atoms with van der Waals surface area (Å²) in [5.41, 5.74) is 0.907. The summed E-state index contributed by atoms with van der Waals surface area (Å²) in [4.78, 5) is 0. The molecular formula is C17H22ClNO2. The van der Waals surface area contributed by atoms with Gasteiger partial charge in [-0.2, -0.15) is 0 Å². The third kappa shape index (κ3) is 3.42. The normalized spacial score (nSPS) is 18.2. The van der Waals surface area contributed by atoms with E-state index in [0.717, 1.165) is 60.8 Å². The van der Waals surface area contributed by atoms with Gasteiger partial charge in [-0.3, -0.25) is 0 Å². The minimum absolute atomic E-state index is 0.264. The Bertz CT molecular complexity index is 589. The Balaban J connectivity index is 1.88. The topological polar surface area (TPSA) is 34.4 Å². The zero-order chi connectivity index (χ0) is 14.7. The highest BCUT2D eigenvalue weighted by molar-refractivity contribution is 6.31. The van der Waals surface area contributed by atoms with Crippen LogP contribution >= 0.6 is 11.6 Å². The maximum atomic E-state index is 6.07. The Hall–Kier alpha value is -1.03. The lowest BCUT2D eigenvalue weighted by Gasteiger charge is -2.29. The average molecular weight is 308 g/mol. The molecule has 1 aromatic heterocycles. The van der Waals surface area contributed by atoms with Crippen LogP contribution in [-0.2, 0) is 4.74 Å². The predicted octanol–water partition coefficient (Wildman–Crippen LogP) is 4.55. The Morgan fingerprint density at radius 1 is 1.29 bits per heavy atom. The van der Waals surface area contributed by atoms with E-state index in [1.165, 1.54) is 0 Å². The van der Waals surface area contributed by atoms with Crippen molar-refractivity contribution in [1.82, 2.24) is 5.32 Å². The smallest absolute Gasteiger partial charge is 0.134 e. The van der Waals surface area contributed by atoms with Crippen molar-refractivity contribution in [2.75, 3.05) is 19.8 Å². The largest absolute Gasteiger partial charge is 0.459 e. The van der Waals surface area contributed by atoms with Gasteiger partial charge in [-0.05, 0) is 56.0 Å². The molecular weight excluding hydrogens is 286 g/mol. The van der Waals surface area contributed by atoms with Crippen molar-refractivity contribution in [3.63, 3.8) is 0 Å². The van der Waals surface area contributed by atoms with Gasteiger partial charge in [-0.15, -0.1) is 0 Å². The molecule has 21 heavy (non-hydrogen) atoms. The summed E-state index contributed by atoms with van der Waals surface area (Å²) in [6.07, 6.45) is 3.28. The Morgan fingerprint density at radius 2 is 2.10 bits per heavy atom. The van der Waals surface area contributed by atoms with E-state index in [2.05, 4.69) is 18.3 Å². The highest BCUT2D eigenvalue weighted by atomic mass is 35.5. The molecule has 4 heteroatoms. The molecule has 1 fully saturated rings. The summed E-state index contributed by atoms with van der Waals surface area (Å²) in [7, 11) is 0. The van der Waals surface area contributed by atoms with E-state index >= 15 is 0 Å². The number of hydrogen-bond donors (Lipinski definition) is 1. The molecule has 0 spiro atoms. The van der Waals surface area contributed by atoms with Crippen molar-refractivity contribution >= 4 is 22.6 Å². The van der Waals surface area contributed by atoms with Gasteiger partial charge in [0.1, 0.15) is 11.3 Å². The molecule has 0 saturated carbocycles. The Labute approximate surface area is 130 Å². The molecule has 0 aliphatic carbocycles. The van der Waals surface area contributed by atoms with Gasteiger partial charge in [0.25, 0.3) is 0 Å². The molecule has 1 aliphatic heterocycles. The summed E-state index contributed by atoms with van der Waals surface area (Å²) in [6, 6.07) is 8.18. The van der Waals surface area contributed by atoms with Gasteiger partial charge in [-0.1, -0.05) is 18.5 Å². The monoisotopic (exact) mass is 307 g/mol. The molecule has 1 saturated heterocycles. The zero-order valence-corrected chi connectivity index (χ0v) is 13.2. The molecule has 2 heterocycles. The van der Waals surface area contributed by atoms with E-state index in [-0.39, 0.29) is 6.04 Å². The molecule has 1 unspecified atom stereocenters.